The van der Waals surface area contributed by atoms with Crippen LogP contribution in [0, 0.1) is 16.0 Å². The van der Waals surface area contributed by atoms with E-state index in [0.717, 1.165) is 25.7 Å². The number of carbonyl (C=O) groups is 2. The van der Waals surface area contributed by atoms with Crippen molar-refractivity contribution in [1.82, 2.24) is 0 Å². The summed E-state index contributed by atoms with van der Waals surface area (Å²) in [4.78, 5) is 34.4. The fourth-order valence-corrected chi connectivity index (χ4v) is 3.41. The maximum absolute atomic E-state index is 11.9. The molecule has 26 heavy (non-hydrogen) atoms. The molecule has 0 heterocycles. The van der Waals surface area contributed by atoms with Gasteiger partial charge in [0.15, 0.2) is 5.78 Å². The highest BCUT2D eigenvalue weighted by molar-refractivity contribution is 7.99. The molecule has 0 spiro atoms. The number of nitro groups is 1. The fraction of sp³-hybridized carbons (Fsp3) is 0.579. The van der Waals surface area contributed by atoms with Crippen LogP contribution < -0.4 is 0 Å². The molecular weight excluding hydrogens is 354 g/mol. The summed E-state index contributed by atoms with van der Waals surface area (Å²) in [6, 6.07) is 4.28. The first-order chi connectivity index (χ1) is 12.4. The van der Waals surface area contributed by atoms with Crippen molar-refractivity contribution >= 4 is 29.2 Å². The third-order valence-corrected chi connectivity index (χ3v) is 5.20. The highest BCUT2D eigenvalue weighted by Crippen LogP contribution is 2.30. The van der Waals surface area contributed by atoms with Gasteiger partial charge in [0.2, 0.25) is 0 Å². The molecule has 144 valence electrons. The van der Waals surface area contributed by atoms with E-state index in [4.69, 9.17) is 4.74 Å². The van der Waals surface area contributed by atoms with E-state index in [1.165, 1.54) is 36.9 Å². The number of esters is 1. The number of nitrogens with zero attached hydrogens (tertiary/aromatic N) is 1. The molecule has 0 aliphatic heterocycles. The van der Waals surface area contributed by atoms with Gasteiger partial charge in [0.1, 0.15) is 0 Å². The van der Waals surface area contributed by atoms with E-state index in [9.17, 15) is 19.7 Å². The Labute approximate surface area is 158 Å². The van der Waals surface area contributed by atoms with E-state index in [-0.39, 0.29) is 23.9 Å². The maximum Gasteiger partial charge on any atom is 0.306 e. The minimum Gasteiger partial charge on any atom is -0.465 e. The summed E-state index contributed by atoms with van der Waals surface area (Å²) < 4.78 is 5.33. The van der Waals surface area contributed by atoms with E-state index in [2.05, 4.69) is 13.8 Å². The molecule has 1 rings (SSSR count). The van der Waals surface area contributed by atoms with E-state index < -0.39 is 4.92 Å². The van der Waals surface area contributed by atoms with Crippen molar-refractivity contribution in [3.8, 4) is 0 Å². The molecule has 0 fully saturated rings. The molecule has 0 aliphatic carbocycles. The van der Waals surface area contributed by atoms with Gasteiger partial charge in [0.25, 0.3) is 5.69 Å². The molecule has 0 amide bonds. The number of hydrogen-bond donors (Lipinski definition) is 0. The molecule has 1 unspecified atom stereocenters. The largest absolute Gasteiger partial charge is 0.465 e. The lowest BCUT2D eigenvalue weighted by Gasteiger charge is -2.14. The lowest BCUT2D eigenvalue weighted by atomic mass is 10.0. The second-order valence-corrected chi connectivity index (χ2v) is 7.33. The Morgan fingerprint density at radius 1 is 1.31 bits per heavy atom. The molecule has 0 aliphatic rings. The third-order valence-electron chi connectivity index (χ3n) is 4.15. The lowest BCUT2D eigenvalue weighted by molar-refractivity contribution is -0.387. The molecule has 6 nitrogen and oxygen atoms in total. The van der Waals surface area contributed by atoms with Gasteiger partial charge >= 0.3 is 5.97 Å². The number of thioether (sulfide) groups is 1. The number of hydrogen-bond acceptors (Lipinski definition) is 6. The summed E-state index contributed by atoms with van der Waals surface area (Å²) >= 11 is 1.19. The highest BCUT2D eigenvalue weighted by Gasteiger charge is 2.17. The van der Waals surface area contributed by atoms with Crippen LogP contribution >= 0.6 is 11.8 Å². The van der Waals surface area contributed by atoms with Crippen molar-refractivity contribution in [3.05, 3.63) is 33.9 Å². The molecular formula is C19H27NO5S. The summed E-state index contributed by atoms with van der Waals surface area (Å²) in [5.74, 6) is 0.309. The molecule has 1 aromatic carbocycles. The monoisotopic (exact) mass is 381 g/mol. The van der Waals surface area contributed by atoms with Gasteiger partial charge in [-0.05, 0) is 31.4 Å². The zero-order valence-corrected chi connectivity index (χ0v) is 16.5. The molecule has 0 bridgehead atoms. The SMILES string of the molecule is CCCCC(CC)COC(=O)CCSc1cc(C(C)=O)ccc1[N+](=O)[O-]. The normalized spacial score (nSPS) is 11.8. The number of unbranched alkanes of at least 4 members (excludes halogenated alkanes) is 1. The van der Waals surface area contributed by atoms with Gasteiger partial charge in [-0.15, -0.1) is 11.8 Å². The molecule has 0 aromatic heterocycles. The number of rotatable bonds is 12. The average molecular weight is 381 g/mol. The van der Waals surface area contributed by atoms with Crippen LogP contribution in [0.1, 0.15) is 63.2 Å². The molecule has 0 radical (unpaired) electrons. The van der Waals surface area contributed by atoms with Crippen molar-refractivity contribution in [3.63, 3.8) is 0 Å². The first-order valence-corrected chi connectivity index (χ1v) is 9.95. The lowest BCUT2D eigenvalue weighted by Crippen LogP contribution is -2.14. The number of ketones is 1. The smallest absolute Gasteiger partial charge is 0.306 e. The predicted octanol–water partition coefficient (Wildman–Crippen LogP) is 5.04. The van der Waals surface area contributed by atoms with Gasteiger partial charge in [0.05, 0.1) is 22.8 Å². The number of carbonyl (C=O) groups excluding carboxylic acids is 2. The molecule has 7 heteroatoms. The van der Waals surface area contributed by atoms with Gasteiger partial charge in [0, 0.05) is 17.4 Å². The number of Topliss-reactive ketones (excluding diaryl/α,β-unsaturated/α-hetero) is 1. The van der Waals surface area contributed by atoms with Gasteiger partial charge in [-0.2, -0.15) is 0 Å². The predicted molar refractivity (Wildman–Crippen MR) is 103 cm³/mol. The summed E-state index contributed by atoms with van der Waals surface area (Å²) in [5, 5.41) is 11.1. The Morgan fingerprint density at radius 3 is 2.62 bits per heavy atom. The van der Waals surface area contributed by atoms with Crippen molar-refractivity contribution in [2.45, 2.75) is 57.8 Å². The van der Waals surface area contributed by atoms with E-state index >= 15 is 0 Å². The van der Waals surface area contributed by atoms with Gasteiger partial charge in [-0.25, -0.2) is 0 Å². The number of ether oxygens (including phenoxy) is 1. The van der Waals surface area contributed by atoms with Crippen molar-refractivity contribution in [2.24, 2.45) is 5.92 Å². The number of benzene rings is 1. The average Bonchev–Trinajstić information content (AvgIpc) is 2.61. The summed E-state index contributed by atoms with van der Waals surface area (Å²) in [6.07, 6.45) is 4.46. The second-order valence-electron chi connectivity index (χ2n) is 6.19. The zero-order chi connectivity index (χ0) is 19.5. The van der Waals surface area contributed by atoms with Gasteiger partial charge in [-0.1, -0.05) is 33.1 Å². The first kappa shape index (κ1) is 22.2. The minimum absolute atomic E-state index is 0.0565. The maximum atomic E-state index is 11.9. The zero-order valence-electron chi connectivity index (χ0n) is 15.7. The summed E-state index contributed by atoms with van der Waals surface area (Å²) in [7, 11) is 0. The molecule has 1 aromatic rings. The Balaban J connectivity index is 2.53. The van der Waals surface area contributed by atoms with E-state index in [1.54, 1.807) is 0 Å². The standard InChI is InChI=1S/C19H27NO5S/c1-4-6-7-15(5-2)13-25-19(22)10-11-26-18-12-16(14(3)21)8-9-17(18)20(23)24/h8-9,12,15H,4-7,10-11,13H2,1-3H3. The van der Waals surface area contributed by atoms with E-state index in [0.29, 0.717) is 28.7 Å². The van der Waals surface area contributed by atoms with Crippen LogP contribution in [0.4, 0.5) is 5.69 Å². The minimum atomic E-state index is -0.482. The second kappa shape index (κ2) is 11.7. The van der Waals surface area contributed by atoms with Gasteiger partial charge < -0.3 is 4.74 Å². The molecule has 0 N–H and O–H groups in total. The molecule has 0 saturated heterocycles. The quantitative estimate of drug-likeness (QED) is 0.166. The van der Waals surface area contributed by atoms with Crippen LogP contribution in [0.5, 0.6) is 0 Å². The van der Waals surface area contributed by atoms with Crippen LogP contribution in [0.3, 0.4) is 0 Å². The molecule has 1 atom stereocenters. The first-order valence-electron chi connectivity index (χ1n) is 8.96. The Bertz CT molecular complexity index is 632. The van der Waals surface area contributed by atoms with Crippen LogP contribution in [0.15, 0.2) is 23.1 Å². The van der Waals surface area contributed by atoms with E-state index in [1.807, 2.05) is 0 Å². The Hall–Kier alpha value is -1.89. The third kappa shape index (κ3) is 7.56. The highest BCUT2D eigenvalue weighted by atomic mass is 32.2. The Kier molecular flexibility index (Phi) is 9.95. The van der Waals surface area contributed by atoms with Crippen molar-refractivity contribution < 1.29 is 19.2 Å². The van der Waals surface area contributed by atoms with Crippen molar-refractivity contribution in [2.75, 3.05) is 12.4 Å². The number of nitro benzene ring substituents is 1. The summed E-state index contributed by atoms with van der Waals surface area (Å²) in [5.41, 5.74) is 0.362. The molecule has 0 saturated carbocycles. The Morgan fingerprint density at radius 2 is 2.04 bits per heavy atom. The topological polar surface area (TPSA) is 86.5 Å². The van der Waals surface area contributed by atoms with Crippen LogP contribution in [0.25, 0.3) is 0 Å². The van der Waals surface area contributed by atoms with Gasteiger partial charge in [-0.3, -0.25) is 19.7 Å². The fourth-order valence-electron chi connectivity index (χ4n) is 2.42. The van der Waals surface area contributed by atoms with Crippen LogP contribution in [-0.2, 0) is 9.53 Å². The van der Waals surface area contributed by atoms with Crippen LogP contribution in [-0.4, -0.2) is 29.0 Å². The summed E-state index contributed by atoms with van der Waals surface area (Å²) in [6.45, 7) is 6.07. The van der Waals surface area contributed by atoms with Crippen LogP contribution in [0.2, 0.25) is 0 Å². The van der Waals surface area contributed by atoms with Crippen molar-refractivity contribution in [1.29, 1.82) is 0 Å².